The van der Waals surface area contributed by atoms with Gasteiger partial charge in [0.15, 0.2) is 0 Å². The Balaban J connectivity index is 2.83. The van der Waals surface area contributed by atoms with Crippen molar-refractivity contribution in [1.29, 1.82) is 0 Å². The highest BCUT2D eigenvalue weighted by Gasteiger charge is 2.01. The van der Waals surface area contributed by atoms with Crippen molar-refractivity contribution in [3.05, 3.63) is 35.9 Å². The average molecular weight is 195 g/mol. The van der Waals surface area contributed by atoms with Gasteiger partial charge in [-0.1, -0.05) is 35.5 Å². The Bertz CT molecular complexity index is 272. The second kappa shape index (κ2) is 5.65. The molecule has 1 rings (SSSR count). The molecule has 13 heavy (non-hydrogen) atoms. The minimum atomic E-state index is 0.873. The summed E-state index contributed by atoms with van der Waals surface area (Å²) in [6.45, 7) is 0. The molecular formula is C10H13NOS. The smallest absolute Gasteiger partial charge is 0.106 e. The summed E-state index contributed by atoms with van der Waals surface area (Å²) >= 11 is 1.73. The second-order valence-electron chi connectivity index (χ2n) is 2.52. The van der Waals surface area contributed by atoms with Crippen LogP contribution in [-0.4, -0.2) is 24.8 Å². The van der Waals surface area contributed by atoms with Crippen molar-refractivity contribution >= 4 is 17.5 Å². The van der Waals surface area contributed by atoms with Crippen LogP contribution in [0, 0.1) is 0 Å². The highest BCUT2D eigenvalue weighted by Crippen LogP contribution is 2.06. The van der Waals surface area contributed by atoms with Crippen molar-refractivity contribution in [3.8, 4) is 0 Å². The maximum absolute atomic E-state index is 4.79. The van der Waals surface area contributed by atoms with Crippen molar-refractivity contribution < 1.29 is 4.84 Å². The summed E-state index contributed by atoms with van der Waals surface area (Å²) in [6, 6.07) is 10.1. The van der Waals surface area contributed by atoms with E-state index in [9.17, 15) is 0 Å². The van der Waals surface area contributed by atoms with Gasteiger partial charge in [0.05, 0.1) is 5.71 Å². The van der Waals surface area contributed by atoms with Crippen molar-refractivity contribution in [2.45, 2.75) is 0 Å². The number of oxime groups is 1. The molecule has 0 unspecified atom stereocenters. The molecule has 3 heteroatoms. The molecule has 0 amide bonds. The maximum Gasteiger partial charge on any atom is 0.106 e. The van der Waals surface area contributed by atoms with Gasteiger partial charge >= 0.3 is 0 Å². The highest BCUT2D eigenvalue weighted by molar-refractivity contribution is 7.99. The molecule has 0 aromatic heterocycles. The quantitative estimate of drug-likeness (QED) is 0.543. The zero-order valence-corrected chi connectivity index (χ0v) is 8.67. The van der Waals surface area contributed by atoms with E-state index in [-0.39, 0.29) is 0 Å². The van der Waals surface area contributed by atoms with Crippen LogP contribution in [0.3, 0.4) is 0 Å². The van der Waals surface area contributed by atoms with E-state index in [1.807, 2.05) is 36.6 Å². The minimum Gasteiger partial charge on any atom is -0.399 e. The van der Waals surface area contributed by atoms with Crippen LogP contribution in [0.25, 0.3) is 0 Å². The second-order valence-corrected chi connectivity index (χ2v) is 3.39. The zero-order chi connectivity index (χ0) is 9.52. The van der Waals surface area contributed by atoms with Gasteiger partial charge in [-0.2, -0.15) is 11.8 Å². The van der Waals surface area contributed by atoms with Gasteiger partial charge in [0.25, 0.3) is 0 Å². The summed E-state index contributed by atoms with van der Waals surface area (Å²) in [7, 11) is 1.57. The molecule has 0 N–H and O–H groups in total. The molecule has 0 radical (unpaired) electrons. The summed E-state index contributed by atoms with van der Waals surface area (Å²) in [4.78, 5) is 4.79. The standard InChI is InChI=1S/C10H13NOS/c1-12-11-10(8-13-2)9-6-4-3-5-7-9/h3-7H,8H2,1-2H3/b11-10-. The van der Waals surface area contributed by atoms with Crippen LogP contribution < -0.4 is 0 Å². The minimum absolute atomic E-state index is 0.873. The molecule has 0 saturated carbocycles. The Hall–Kier alpha value is -0.960. The van der Waals surface area contributed by atoms with E-state index in [1.165, 1.54) is 0 Å². The normalized spacial score (nSPS) is 11.4. The van der Waals surface area contributed by atoms with Crippen LogP contribution in [0.2, 0.25) is 0 Å². The summed E-state index contributed by atoms with van der Waals surface area (Å²) in [5, 5.41) is 3.98. The Labute approximate surface area is 83.0 Å². The predicted molar refractivity (Wildman–Crippen MR) is 58.4 cm³/mol. The van der Waals surface area contributed by atoms with E-state index in [4.69, 9.17) is 4.84 Å². The first-order valence-corrected chi connectivity index (χ1v) is 5.42. The molecule has 2 nitrogen and oxygen atoms in total. The zero-order valence-electron chi connectivity index (χ0n) is 7.86. The van der Waals surface area contributed by atoms with Crippen LogP contribution >= 0.6 is 11.8 Å². The fraction of sp³-hybridized carbons (Fsp3) is 0.300. The lowest BCUT2D eigenvalue weighted by Gasteiger charge is -2.02. The van der Waals surface area contributed by atoms with Gasteiger partial charge in [-0.25, -0.2) is 0 Å². The number of benzene rings is 1. The first-order valence-electron chi connectivity index (χ1n) is 4.03. The lowest BCUT2D eigenvalue weighted by atomic mass is 10.1. The number of rotatable bonds is 4. The topological polar surface area (TPSA) is 21.6 Å². The number of nitrogens with zero attached hydrogens (tertiary/aromatic N) is 1. The van der Waals surface area contributed by atoms with E-state index in [0.29, 0.717) is 0 Å². The van der Waals surface area contributed by atoms with Crippen molar-refractivity contribution in [3.63, 3.8) is 0 Å². The van der Waals surface area contributed by atoms with Gasteiger partial charge < -0.3 is 4.84 Å². The summed E-state index contributed by atoms with van der Waals surface area (Å²) in [5.74, 6) is 0.873. The molecule has 0 heterocycles. The Morgan fingerprint density at radius 3 is 2.62 bits per heavy atom. The van der Waals surface area contributed by atoms with E-state index in [2.05, 4.69) is 5.16 Å². The number of hydrogen-bond acceptors (Lipinski definition) is 3. The Kier molecular flexibility index (Phi) is 4.40. The van der Waals surface area contributed by atoms with Gasteiger partial charge in [-0.05, 0) is 6.26 Å². The van der Waals surface area contributed by atoms with Crippen molar-refractivity contribution in [1.82, 2.24) is 0 Å². The molecule has 0 aliphatic carbocycles. The van der Waals surface area contributed by atoms with Gasteiger partial charge in [0, 0.05) is 11.3 Å². The fourth-order valence-electron chi connectivity index (χ4n) is 1.04. The van der Waals surface area contributed by atoms with Gasteiger partial charge in [-0.15, -0.1) is 0 Å². The molecule has 0 aliphatic rings. The molecule has 0 fully saturated rings. The molecule has 1 aromatic rings. The molecule has 0 aliphatic heterocycles. The third-order valence-corrected chi connectivity index (χ3v) is 2.15. The average Bonchev–Trinajstić information content (AvgIpc) is 2.19. The summed E-state index contributed by atoms with van der Waals surface area (Å²) < 4.78 is 0. The number of hydrogen-bond donors (Lipinski definition) is 0. The summed E-state index contributed by atoms with van der Waals surface area (Å²) in [5.41, 5.74) is 2.11. The molecule has 0 bridgehead atoms. The van der Waals surface area contributed by atoms with Crippen molar-refractivity contribution in [2.75, 3.05) is 19.1 Å². The Morgan fingerprint density at radius 2 is 2.08 bits per heavy atom. The first-order chi connectivity index (χ1) is 6.38. The van der Waals surface area contributed by atoms with Crippen LogP contribution in [0.4, 0.5) is 0 Å². The largest absolute Gasteiger partial charge is 0.399 e. The lowest BCUT2D eigenvalue weighted by molar-refractivity contribution is 0.213. The molecular weight excluding hydrogens is 182 g/mol. The van der Waals surface area contributed by atoms with E-state index in [1.54, 1.807) is 18.9 Å². The Morgan fingerprint density at radius 1 is 1.38 bits per heavy atom. The van der Waals surface area contributed by atoms with Crippen LogP contribution in [0.5, 0.6) is 0 Å². The van der Waals surface area contributed by atoms with Gasteiger partial charge in [-0.3, -0.25) is 0 Å². The van der Waals surface area contributed by atoms with Crippen LogP contribution in [0.15, 0.2) is 35.5 Å². The SMILES string of the molecule is CO/N=C(/CSC)c1ccccc1. The van der Waals surface area contributed by atoms with Crippen LogP contribution in [0.1, 0.15) is 5.56 Å². The molecule has 1 aromatic carbocycles. The van der Waals surface area contributed by atoms with Gasteiger partial charge in [0.2, 0.25) is 0 Å². The molecule has 0 atom stereocenters. The summed E-state index contributed by atoms with van der Waals surface area (Å²) in [6.07, 6.45) is 2.05. The first kappa shape index (κ1) is 10.1. The molecule has 0 saturated heterocycles. The maximum atomic E-state index is 4.79. The fourth-order valence-corrected chi connectivity index (χ4v) is 1.53. The number of thioether (sulfide) groups is 1. The van der Waals surface area contributed by atoms with Gasteiger partial charge in [0.1, 0.15) is 7.11 Å². The molecule has 70 valence electrons. The third-order valence-electron chi connectivity index (χ3n) is 1.59. The lowest BCUT2D eigenvalue weighted by Crippen LogP contribution is -2.04. The molecule has 0 spiro atoms. The highest BCUT2D eigenvalue weighted by atomic mass is 32.2. The third kappa shape index (κ3) is 3.11. The predicted octanol–water partition coefficient (Wildman–Crippen LogP) is 2.40. The van der Waals surface area contributed by atoms with E-state index < -0.39 is 0 Å². The monoisotopic (exact) mass is 195 g/mol. The van der Waals surface area contributed by atoms with E-state index >= 15 is 0 Å². The van der Waals surface area contributed by atoms with E-state index in [0.717, 1.165) is 17.0 Å². The van der Waals surface area contributed by atoms with Crippen molar-refractivity contribution in [2.24, 2.45) is 5.16 Å². The van der Waals surface area contributed by atoms with Crippen LogP contribution in [-0.2, 0) is 4.84 Å².